The summed E-state index contributed by atoms with van der Waals surface area (Å²) in [5.41, 5.74) is 10.8. The van der Waals surface area contributed by atoms with Gasteiger partial charge in [0.05, 0.1) is 22.1 Å². The first kappa shape index (κ1) is 32.5. The number of aromatic nitrogens is 4. The minimum atomic E-state index is -0.596. The summed E-state index contributed by atoms with van der Waals surface area (Å²) in [5, 5.41) is 7.01. The average Bonchev–Trinajstić information content (AvgIpc) is 3.64. The lowest BCUT2D eigenvalue weighted by molar-refractivity contribution is 0.728. The van der Waals surface area contributed by atoms with Gasteiger partial charge in [0.25, 0.3) is 0 Å². The Morgan fingerprint density at radius 3 is 1.55 bits per heavy atom. The number of nitrogens with zero attached hydrogens (tertiary/aromatic N) is 4. The predicted molar refractivity (Wildman–Crippen MR) is 237 cm³/mol. The van der Waals surface area contributed by atoms with Gasteiger partial charge in [-0.15, -0.1) is 0 Å². The molecule has 12 rings (SSSR count). The Hall–Kier alpha value is -7.69. The van der Waals surface area contributed by atoms with Gasteiger partial charge in [-0.05, 0) is 55.9 Å². The number of hydrogen-bond donors (Lipinski definition) is 0. The molecule has 58 heavy (non-hydrogen) atoms. The molecule has 9 aromatic carbocycles. The van der Waals surface area contributed by atoms with Gasteiger partial charge in [0.15, 0.2) is 17.5 Å². The maximum atomic E-state index is 5.24. The highest BCUT2D eigenvalue weighted by molar-refractivity contribution is 6.12. The van der Waals surface area contributed by atoms with Crippen molar-refractivity contribution in [2.24, 2.45) is 0 Å². The van der Waals surface area contributed by atoms with E-state index < -0.39 is 5.41 Å². The zero-order valence-electron chi connectivity index (χ0n) is 31.4. The number of hydrogen-bond acceptors (Lipinski definition) is 3. The van der Waals surface area contributed by atoms with E-state index in [4.69, 9.17) is 15.0 Å². The summed E-state index contributed by atoms with van der Waals surface area (Å²) in [4.78, 5) is 15.7. The van der Waals surface area contributed by atoms with Crippen LogP contribution in [0.4, 0.5) is 0 Å². The molecule has 1 unspecified atom stereocenters. The highest BCUT2D eigenvalue weighted by Crippen LogP contribution is 2.54. The second-order valence-corrected chi connectivity index (χ2v) is 15.1. The fourth-order valence-electron chi connectivity index (χ4n) is 9.64. The summed E-state index contributed by atoms with van der Waals surface area (Å²) in [6.07, 6.45) is 0. The first-order chi connectivity index (χ1) is 28.8. The molecule has 3 heterocycles. The lowest BCUT2D eigenvalue weighted by atomic mass is 9.63. The van der Waals surface area contributed by atoms with Crippen LogP contribution < -0.4 is 0 Å². The molecule has 0 spiro atoms. The van der Waals surface area contributed by atoms with Crippen molar-refractivity contribution in [3.63, 3.8) is 0 Å². The monoisotopic (exact) mass is 738 g/mol. The molecule has 0 bridgehead atoms. The first-order valence-corrected chi connectivity index (χ1v) is 19.8. The molecule has 11 aromatic rings. The summed E-state index contributed by atoms with van der Waals surface area (Å²) in [7, 11) is 0. The Morgan fingerprint density at radius 1 is 0.345 bits per heavy atom. The molecule has 4 nitrogen and oxygen atoms in total. The summed E-state index contributed by atoms with van der Waals surface area (Å²) < 4.78 is 2.47. The molecule has 0 aliphatic carbocycles. The van der Waals surface area contributed by atoms with E-state index in [1.54, 1.807) is 0 Å². The van der Waals surface area contributed by atoms with E-state index in [0.29, 0.717) is 17.5 Å². The highest BCUT2D eigenvalue weighted by atomic mass is 15.0. The zero-order valence-corrected chi connectivity index (χ0v) is 31.4. The predicted octanol–water partition coefficient (Wildman–Crippen LogP) is 13.0. The van der Waals surface area contributed by atoms with Crippen LogP contribution in [0.25, 0.3) is 83.2 Å². The van der Waals surface area contributed by atoms with E-state index in [0.717, 1.165) is 38.2 Å². The van der Waals surface area contributed by atoms with Crippen LogP contribution in [-0.4, -0.2) is 19.5 Å². The van der Waals surface area contributed by atoms with Crippen LogP contribution in [0.15, 0.2) is 206 Å². The lowest BCUT2D eigenvalue weighted by Gasteiger charge is -2.41. The van der Waals surface area contributed by atoms with E-state index in [1.807, 2.05) is 0 Å². The molecule has 270 valence electrons. The fourth-order valence-corrected chi connectivity index (χ4v) is 9.64. The number of benzene rings is 9. The van der Waals surface area contributed by atoms with Crippen molar-refractivity contribution < 1.29 is 0 Å². The Labute approximate surface area is 335 Å². The van der Waals surface area contributed by atoms with Crippen molar-refractivity contribution in [1.29, 1.82) is 0 Å². The van der Waals surface area contributed by atoms with E-state index in [1.165, 1.54) is 49.7 Å². The molecule has 0 N–H and O–H groups in total. The Balaban J connectivity index is 1.10. The van der Waals surface area contributed by atoms with Crippen molar-refractivity contribution >= 4 is 43.4 Å². The highest BCUT2D eigenvalue weighted by Gasteiger charge is 2.45. The average molecular weight is 739 g/mol. The minimum absolute atomic E-state index is 0.596. The fraction of sp³-hybridized carbons (Fsp3) is 0.0185. The molecular weight excluding hydrogens is 705 g/mol. The van der Waals surface area contributed by atoms with Crippen LogP contribution in [0.1, 0.15) is 22.3 Å². The molecule has 1 atom stereocenters. The maximum absolute atomic E-state index is 5.24. The summed E-state index contributed by atoms with van der Waals surface area (Å²) in [5.74, 6) is 1.93. The third-order valence-corrected chi connectivity index (χ3v) is 12.1. The third-order valence-electron chi connectivity index (χ3n) is 12.1. The van der Waals surface area contributed by atoms with E-state index in [-0.39, 0.29) is 0 Å². The molecule has 0 saturated heterocycles. The second kappa shape index (κ2) is 12.7. The quantitative estimate of drug-likeness (QED) is 0.177. The summed E-state index contributed by atoms with van der Waals surface area (Å²) in [6, 6.07) is 74.0. The molecule has 0 radical (unpaired) electrons. The summed E-state index contributed by atoms with van der Waals surface area (Å²) in [6.45, 7) is 0. The first-order valence-electron chi connectivity index (χ1n) is 19.8. The second-order valence-electron chi connectivity index (χ2n) is 15.1. The van der Waals surface area contributed by atoms with Gasteiger partial charge in [0.2, 0.25) is 0 Å². The molecule has 1 aliphatic heterocycles. The van der Waals surface area contributed by atoms with Crippen molar-refractivity contribution in [3.05, 3.63) is 229 Å². The van der Waals surface area contributed by atoms with E-state index in [9.17, 15) is 0 Å². The summed E-state index contributed by atoms with van der Waals surface area (Å²) >= 11 is 0. The van der Waals surface area contributed by atoms with Gasteiger partial charge in [-0.1, -0.05) is 194 Å². The van der Waals surface area contributed by atoms with Crippen molar-refractivity contribution in [2.45, 2.75) is 5.41 Å². The maximum Gasteiger partial charge on any atom is 0.164 e. The van der Waals surface area contributed by atoms with E-state index in [2.05, 4.69) is 211 Å². The Kier molecular flexibility index (Phi) is 7.11. The number of rotatable bonds is 5. The number of fused-ring (bicyclic) bond motifs is 7. The smallest absolute Gasteiger partial charge is 0.164 e. The standard InChI is InChI=1S/C54H34N4/c1-2-19-38(20-3-1)54(46-27-9-11-30-49(46)58-48-29-10-8-23-42(48)43-24-14-28-47(54)50(43)58)39-33-31-37(32-34-39)51-55-52(44-25-12-17-35-15-4-6-21-40(35)44)57-53(56-51)45-26-13-18-36-16-5-7-22-41(36)45/h1-34H. The molecular formula is C54H34N4. The van der Waals surface area contributed by atoms with Gasteiger partial charge in [-0.25, -0.2) is 15.0 Å². The normalized spacial score (nSPS) is 14.6. The van der Waals surface area contributed by atoms with Crippen LogP contribution in [0, 0.1) is 0 Å². The van der Waals surface area contributed by atoms with Gasteiger partial charge >= 0.3 is 0 Å². The van der Waals surface area contributed by atoms with Gasteiger partial charge in [-0.3, -0.25) is 0 Å². The van der Waals surface area contributed by atoms with Crippen LogP contribution in [-0.2, 0) is 5.41 Å². The third kappa shape index (κ3) is 4.66. The van der Waals surface area contributed by atoms with Gasteiger partial charge in [-0.2, -0.15) is 0 Å². The topological polar surface area (TPSA) is 43.6 Å². The van der Waals surface area contributed by atoms with Crippen LogP contribution in [0.3, 0.4) is 0 Å². The number of para-hydroxylation sites is 3. The Bertz CT molecular complexity index is 3290. The van der Waals surface area contributed by atoms with Gasteiger partial charge < -0.3 is 4.57 Å². The van der Waals surface area contributed by atoms with Crippen LogP contribution in [0.5, 0.6) is 0 Å². The van der Waals surface area contributed by atoms with Gasteiger partial charge in [0, 0.05) is 27.5 Å². The Morgan fingerprint density at radius 2 is 0.845 bits per heavy atom. The molecule has 0 fully saturated rings. The minimum Gasteiger partial charge on any atom is -0.309 e. The van der Waals surface area contributed by atoms with Crippen molar-refractivity contribution in [1.82, 2.24) is 19.5 Å². The molecule has 0 amide bonds. The van der Waals surface area contributed by atoms with Crippen molar-refractivity contribution in [2.75, 3.05) is 0 Å². The van der Waals surface area contributed by atoms with Crippen LogP contribution >= 0.6 is 0 Å². The SMILES string of the molecule is c1ccc(C2(c3ccc(-c4nc(-c5cccc6ccccc56)nc(-c5cccc6ccccc56)n4)cc3)c3ccccc3-n3c4ccccc4c4cccc2c43)cc1. The van der Waals surface area contributed by atoms with Crippen molar-refractivity contribution in [3.8, 4) is 39.9 Å². The van der Waals surface area contributed by atoms with Gasteiger partial charge in [0.1, 0.15) is 0 Å². The lowest BCUT2D eigenvalue weighted by Crippen LogP contribution is -2.35. The molecule has 1 aliphatic rings. The molecule has 4 heteroatoms. The molecule has 2 aromatic heterocycles. The zero-order chi connectivity index (χ0) is 38.2. The van der Waals surface area contributed by atoms with E-state index >= 15 is 0 Å². The largest absolute Gasteiger partial charge is 0.309 e. The van der Waals surface area contributed by atoms with Crippen LogP contribution in [0.2, 0.25) is 0 Å². The molecule has 0 saturated carbocycles.